The maximum Gasteiger partial charge on any atom is 0.320 e. The normalized spacial score (nSPS) is 17.7. The highest BCUT2D eigenvalue weighted by Crippen LogP contribution is 2.29. The van der Waals surface area contributed by atoms with Crippen molar-refractivity contribution >= 4 is 23.3 Å². The van der Waals surface area contributed by atoms with E-state index in [-0.39, 0.29) is 17.9 Å². The molecule has 2 N–H and O–H groups in total. The molecule has 2 rings (SSSR count). The van der Waals surface area contributed by atoms with Crippen molar-refractivity contribution in [2.24, 2.45) is 0 Å². The molecule has 1 amide bonds. The van der Waals surface area contributed by atoms with Gasteiger partial charge in [-0.2, -0.15) is 0 Å². The van der Waals surface area contributed by atoms with Crippen LogP contribution in [0.15, 0.2) is 18.2 Å². The topological polar surface area (TPSA) is 122 Å². The molecule has 0 spiro atoms. The maximum atomic E-state index is 12.1. The Morgan fingerprint density at radius 3 is 2.87 bits per heavy atom. The number of carbonyl (C=O) groups excluding carboxylic acids is 1. The second kappa shape index (κ2) is 7.05. The van der Waals surface area contributed by atoms with Crippen molar-refractivity contribution in [2.75, 3.05) is 25.5 Å². The molecule has 1 atom stereocenters. The number of benzene rings is 1. The first-order valence-corrected chi connectivity index (χ1v) is 7.01. The van der Waals surface area contributed by atoms with Crippen molar-refractivity contribution in [1.29, 1.82) is 0 Å². The molecule has 9 heteroatoms. The summed E-state index contributed by atoms with van der Waals surface area (Å²) in [5.41, 5.74) is -0.235. The summed E-state index contributed by atoms with van der Waals surface area (Å²) >= 11 is 0. The number of likely N-dealkylation sites (tertiary alicyclic amines) is 1. The third-order valence-corrected chi connectivity index (χ3v) is 3.67. The fraction of sp³-hybridized carbons (Fsp3) is 0.429. The fourth-order valence-corrected chi connectivity index (χ4v) is 2.56. The lowest BCUT2D eigenvalue weighted by Gasteiger charge is -2.20. The number of nitrogens with zero attached hydrogens (tertiary/aromatic N) is 2. The number of methoxy groups -OCH3 is 1. The number of carboxylic acid groups (broad SMARTS) is 1. The molecule has 1 aliphatic heterocycles. The van der Waals surface area contributed by atoms with Crippen molar-refractivity contribution in [3.63, 3.8) is 0 Å². The van der Waals surface area contributed by atoms with Crippen molar-refractivity contribution in [1.82, 2.24) is 4.90 Å². The highest BCUT2D eigenvalue weighted by atomic mass is 16.6. The van der Waals surface area contributed by atoms with Crippen molar-refractivity contribution in [2.45, 2.75) is 18.9 Å². The van der Waals surface area contributed by atoms with Gasteiger partial charge in [0, 0.05) is 0 Å². The van der Waals surface area contributed by atoms with Gasteiger partial charge in [0.2, 0.25) is 5.91 Å². The minimum absolute atomic E-state index is 0.0480. The number of anilines is 1. The van der Waals surface area contributed by atoms with Crippen LogP contribution in [0, 0.1) is 10.1 Å². The lowest BCUT2D eigenvalue weighted by Crippen LogP contribution is -2.40. The zero-order chi connectivity index (χ0) is 17.0. The number of carbonyl (C=O) groups is 2. The zero-order valence-corrected chi connectivity index (χ0v) is 12.5. The summed E-state index contributed by atoms with van der Waals surface area (Å²) in [5.74, 6) is -1.16. The van der Waals surface area contributed by atoms with Crippen molar-refractivity contribution in [3.05, 3.63) is 28.3 Å². The Bertz CT molecular complexity index is 633. The van der Waals surface area contributed by atoms with E-state index in [0.717, 1.165) is 0 Å². The molecule has 9 nitrogen and oxygen atoms in total. The van der Waals surface area contributed by atoms with Crippen LogP contribution in [0.5, 0.6) is 5.75 Å². The third-order valence-electron chi connectivity index (χ3n) is 3.67. The van der Waals surface area contributed by atoms with Gasteiger partial charge < -0.3 is 15.2 Å². The largest absolute Gasteiger partial charge is 0.496 e. The van der Waals surface area contributed by atoms with Gasteiger partial charge in [-0.15, -0.1) is 0 Å². The highest BCUT2D eigenvalue weighted by molar-refractivity contribution is 5.95. The summed E-state index contributed by atoms with van der Waals surface area (Å²) in [6.45, 7) is 0.384. The van der Waals surface area contributed by atoms with Crippen LogP contribution in [0.4, 0.5) is 11.4 Å². The molecule has 1 aromatic rings. The molecule has 1 heterocycles. The van der Waals surface area contributed by atoms with Gasteiger partial charge in [-0.25, -0.2) is 0 Å². The Morgan fingerprint density at radius 1 is 1.52 bits per heavy atom. The average molecular weight is 323 g/mol. The van der Waals surface area contributed by atoms with Gasteiger partial charge in [0.1, 0.15) is 17.5 Å². The Labute approximate surface area is 132 Å². The van der Waals surface area contributed by atoms with Gasteiger partial charge in [-0.1, -0.05) is 0 Å². The van der Waals surface area contributed by atoms with E-state index in [2.05, 4.69) is 5.32 Å². The first-order valence-electron chi connectivity index (χ1n) is 7.01. The molecule has 124 valence electrons. The van der Waals surface area contributed by atoms with E-state index in [1.165, 1.54) is 25.3 Å². The molecule has 1 fully saturated rings. The summed E-state index contributed by atoms with van der Waals surface area (Å²) in [6.07, 6.45) is 1.19. The number of amides is 1. The lowest BCUT2D eigenvalue weighted by atomic mass is 10.2. The Balaban J connectivity index is 2.08. The van der Waals surface area contributed by atoms with Gasteiger partial charge >= 0.3 is 5.97 Å². The predicted molar refractivity (Wildman–Crippen MR) is 80.5 cm³/mol. The Hall–Kier alpha value is -2.68. The van der Waals surface area contributed by atoms with Crippen LogP contribution in [0.1, 0.15) is 12.8 Å². The summed E-state index contributed by atoms with van der Waals surface area (Å²) < 4.78 is 4.92. The van der Waals surface area contributed by atoms with E-state index in [1.54, 1.807) is 4.90 Å². The second-order valence-corrected chi connectivity index (χ2v) is 5.16. The van der Waals surface area contributed by atoms with Crippen LogP contribution < -0.4 is 10.1 Å². The number of carboxylic acids is 1. The minimum atomic E-state index is -0.967. The van der Waals surface area contributed by atoms with Crippen LogP contribution in [0.3, 0.4) is 0 Å². The van der Waals surface area contributed by atoms with Crippen LogP contribution in [-0.2, 0) is 9.59 Å². The van der Waals surface area contributed by atoms with Crippen LogP contribution in [0.25, 0.3) is 0 Å². The number of ether oxygens (including phenoxy) is 1. The minimum Gasteiger partial charge on any atom is -0.496 e. The van der Waals surface area contributed by atoms with Crippen molar-refractivity contribution < 1.29 is 24.4 Å². The first-order chi connectivity index (χ1) is 10.9. The Kier molecular flexibility index (Phi) is 5.12. The van der Waals surface area contributed by atoms with Crippen LogP contribution >= 0.6 is 0 Å². The van der Waals surface area contributed by atoms with Gasteiger partial charge in [-0.3, -0.25) is 24.6 Å². The van der Waals surface area contributed by atoms with Crippen LogP contribution in [-0.4, -0.2) is 53.0 Å². The number of aliphatic carboxylic acids is 1. The number of nitrogens with one attached hydrogen (secondary N) is 1. The van der Waals surface area contributed by atoms with Gasteiger partial charge in [0.15, 0.2) is 0 Å². The number of nitro groups is 1. The SMILES string of the molecule is COc1ccc(NC(=O)CN2CCC[C@H]2C(=O)O)c([N+](=O)[O-])c1. The molecule has 1 aliphatic rings. The van der Waals surface area contributed by atoms with Gasteiger partial charge in [0.25, 0.3) is 5.69 Å². The molecule has 0 bridgehead atoms. The van der Waals surface area contributed by atoms with Crippen molar-refractivity contribution in [3.8, 4) is 5.75 Å². The summed E-state index contributed by atoms with van der Waals surface area (Å²) in [4.78, 5) is 35.2. The summed E-state index contributed by atoms with van der Waals surface area (Å²) in [5, 5.41) is 22.6. The monoisotopic (exact) mass is 323 g/mol. The predicted octanol–water partition coefficient (Wildman–Crippen LogP) is 1.09. The zero-order valence-electron chi connectivity index (χ0n) is 12.5. The number of hydrogen-bond acceptors (Lipinski definition) is 6. The molecule has 0 unspecified atom stereocenters. The fourth-order valence-electron chi connectivity index (χ4n) is 2.56. The van der Waals surface area contributed by atoms with E-state index in [1.807, 2.05) is 0 Å². The first kappa shape index (κ1) is 16.7. The van der Waals surface area contributed by atoms with E-state index in [9.17, 15) is 19.7 Å². The van der Waals surface area contributed by atoms with E-state index < -0.39 is 22.8 Å². The van der Waals surface area contributed by atoms with Gasteiger partial charge in [0.05, 0.1) is 24.6 Å². The molecule has 0 aromatic heterocycles. The van der Waals surface area contributed by atoms with E-state index in [4.69, 9.17) is 9.84 Å². The molecule has 1 saturated heterocycles. The average Bonchev–Trinajstić information content (AvgIpc) is 2.95. The smallest absolute Gasteiger partial charge is 0.320 e. The second-order valence-electron chi connectivity index (χ2n) is 5.16. The molecular formula is C14H17N3O6. The maximum absolute atomic E-state index is 12.1. The van der Waals surface area contributed by atoms with Crippen LogP contribution in [0.2, 0.25) is 0 Å². The number of nitro benzene ring substituents is 1. The summed E-state index contributed by atoms with van der Waals surface area (Å²) in [6, 6.07) is 3.41. The highest BCUT2D eigenvalue weighted by Gasteiger charge is 2.31. The molecule has 0 saturated carbocycles. The van der Waals surface area contributed by atoms with E-state index >= 15 is 0 Å². The molecule has 0 radical (unpaired) electrons. The van der Waals surface area contributed by atoms with E-state index in [0.29, 0.717) is 25.1 Å². The molecular weight excluding hydrogens is 306 g/mol. The molecule has 23 heavy (non-hydrogen) atoms. The number of hydrogen-bond donors (Lipinski definition) is 2. The molecule has 1 aromatic carbocycles. The third kappa shape index (κ3) is 3.95. The van der Waals surface area contributed by atoms with Gasteiger partial charge in [-0.05, 0) is 31.5 Å². The quantitative estimate of drug-likeness (QED) is 0.593. The number of rotatable bonds is 6. The summed E-state index contributed by atoms with van der Waals surface area (Å²) in [7, 11) is 1.39. The standard InChI is InChI=1S/C14H17N3O6/c1-23-9-4-5-10(12(7-9)17(21)22)15-13(18)8-16-6-2-3-11(16)14(19)20/h4-5,7,11H,2-3,6,8H2,1H3,(H,15,18)(H,19,20)/t11-/m0/s1. The Morgan fingerprint density at radius 2 is 2.26 bits per heavy atom. The molecule has 0 aliphatic carbocycles. The lowest BCUT2D eigenvalue weighted by molar-refractivity contribution is -0.384.